The first-order valence-corrected chi connectivity index (χ1v) is 6.79. The van der Waals surface area contributed by atoms with Crippen molar-refractivity contribution in [3.05, 3.63) is 28.9 Å². The van der Waals surface area contributed by atoms with Crippen molar-refractivity contribution in [3.63, 3.8) is 0 Å². The van der Waals surface area contributed by atoms with Gasteiger partial charge in [-0.05, 0) is 18.6 Å². The van der Waals surface area contributed by atoms with Gasteiger partial charge in [0.05, 0.1) is 30.4 Å². The minimum atomic E-state index is 0.682. The van der Waals surface area contributed by atoms with Crippen LogP contribution in [0.5, 0.6) is 5.88 Å². The number of anilines is 2. The summed E-state index contributed by atoms with van der Waals surface area (Å²) in [6, 6.07) is 1.98. The number of ether oxygens (including phenoxy) is 1. The lowest BCUT2D eigenvalue weighted by Gasteiger charge is -2.07. The van der Waals surface area contributed by atoms with Gasteiger partial charge in [-0.3, -0.25) is 4.98 Å². The van der Waals surface area contributed by atoms with E-state index in [9.17, 15) is 0 Å². The lowest BCUT2D eigenvalue weighted by atomic mass is 10.2. The summed E-state index contributed by atoms with van der Waals surface area (Å²) >= 11 is 1.62. The molecule has 0 fully saturated rings. The second-order valence-corrected chi connectivity index (χ2v) is 5.43. The molecule has 0 aliphatic carbocycles. The molecule has 2 rings (SSSR count). The lowest BCUT2D eigenvalue weighted by molar-refractivity contribution is 0.397. The van der Waals surface area contributed by atoms with Crippen molar-refractivity contribution < 1.29 is 4.74 Å². The molecule has 0 unspecified atom stereocenters. The minimum absolute atomic E-state index is 0.682. The zero-order valence-electron chi connectivity index (χ0n) is 11.6. The minimum Gasteiger partial charge on any atom is -0.480 e. The molecule has 0 aliphatic heterocycles. The van der Waals surface area contributed by atoms with Gasteiger partial charge in [0.25, 0.3) is 0 Å². The number of hydrogen-bond donors (Lipinski definition) is 1. The molecule has 0 aliphatic rings. The van der Waals surface area contributed by atoms with E-state index < -0.39 is 0 Å². The van der Waals surface area contributed by atoms with Gasteiger partial charge >= 0.3 is 0 Å². The Morgan fingerprint density at radius 2 is 2.21 bits per heavy atom. The number of aryl methyl sites for hydroxylation is 1. The maximum atomic E-state index is 5.31. The zero-order valence-corrected chi connectivity index (χ0v) is 12.4. The normalized spacial score (nSPS) is 10.3. The van der Waals surface area contributed by atoms with Crippen LogP contribution >= 0.6 is 11.3 Å². The van der Waals surface area contributed by atoms with Gasteiger partial charge in [0.15, 0.2) is 5.13 Å². The molecule has 1 N–H and O–H groups in total. The molecule has 0 spiro atoms. The molecule has 0 amide bonds. The molecule has 2 aromatic rings. The average molecular weight is 278 g/mol. The summed E-state index contributed by atoms with van der Waals surface area (Å²) in [6.07, 6.45) is 3.62. The first-order chi connectivity index (χ1) is 9.11. The van der Waals surface area contributed by atoms with E-state index in [0.29, 0.717) is 12.4 Å². The van der Waals surface area contributed by atoms with Crippen LogP contribution in [0.4, 0.5) is 10.8 Å². The Labute approximate surface area is 117 Å². The highest BCUT2D eigenvalue weighted by molar-refractivity contribution is 7.15. The largest absolute Gasteiger partial charge is 0.480 e. The highest BCUT2D eigenvalue weighted by Gasteiger charge is 2.13. The molecule has 0 bridgehead atoms. The number of thiazole rings is 1. The summed E-state index contributed by atoms with van der Waals surface area (Å²) in [5.74, 6) is 0.683. The Balaban J connectivity index is 2.13. The number of nitrogens with one attached hydrogen (secondary N) is 1. The van der Waals surface area contributed by atoms with Crippen molar-refractivity contribution in [1.82, 2.24) is 9.97 Å². The van der Waals surface area contributed by atoms with Crippen LogP contribution in [0.3, 0.4) is 0 Å². The Kier molecular flexibility index (Phi) is 4.21. The predicted octanol–water partition coefficient (Wildman–Crippen LogP) is 2.53. The molecule has 5 nitrogen and oxygen atoms in total. The first kappa shape index (κ1) is 13.6. The molecule has 0 aromatic carbocycles. The molecule has 0 saturated heterocycles. The molecule has 102 valence electrons. The number of methoxy groups -OCH3 is 1. The fraction of sp³-hybridized carbons (Fsp3) is 0.385. The van der Waals surface area contributed by atoms with Crippen LogP contribution in [-0.4, -0.2) is 31.2 Å². The van der Waals surface area contributed by atoms with Crippen molar-refractivity contribution in [2.45, 2.75) is 13.5 Å². The average Bonchev–Trinajstić information content (AvgIpc) is 2.81. The van der Waals surface area contributed by atoms with Crippen LogP contribution in [-0.2, 0) is 6.54 Å². The SMILES string of the molecule is COc1nc(N(C)C)sc1CNc1cnccc1C. The van der Waals surface area contributed by atoms with E-state index in [1.807, 2.05) is 31.3 Å². The highest BCUT2D eigenvalue weighted by Crippen LogP contribution is 2.31. The quantitative estimate of drug-likeness (QED) is 0.911. The van der Waals surface area contributed by atoms with E-state index in [4.69, 9.17) is 4.74 Å². The molecule has 2 aromatic heterocycles. The Bertz CT molecular complexity index is 553. The molecule has 2 heterocycles. The highest BCUT2D eigenvalue weighted by atomic mass is 32.1. The zero-order chi connectivity index (χ0) is 13.8. The molecular formula is C13H18N4OS. The summed E-state index contributed by atoms with van der Waals surface area (Å²) in [6.45, 7) is 2.74. The second-order valence-electron chi connectivity index (χ2n) is 4.37. The number of pyridine rings is 1. The van der Waals surface area contributed by atoms with E-state index >= 15 is 0 Å². The predicted molar refractivity (Wildman–Crippen MR) is 79.3 cm³/mol. The number of rotatable bonds is 5. The second kappa shape index (κ2) is 5.88. The third kappa shape index (κ3) is 3.14. The molecule has 0 atom stereocenters. The van der Waals surface area contributed by atoms with E-state index in [2.05, 4.69) is 22.2 Å². The number of hydrogen-bond acceptors (Lipinski definition) is 6. The standard InChI is InChI=1S/C13H18N4OS/c1-9-5-6-14-7-10(9)15-8-11-12(18-4)16-13(19-11)17(2)3/h5-7,15H,8H2,1-4H3. The third-order valence-electron chi connectivity index (χ3n) is 2.70. The van der Waals surface area contributed by atoms with Crippen LogP contribution in [0.2, 0.25) is 0 Å². The van der Waals surface area contributed by atoms with Gasteiger partial charge < -0.3 is 15.0 Å². The molecule has 0 saturated carbocycles. The third-order valence-corrected chi connectivity index (χ3v) is 3.91. The van der Waals surface area contributed by atoms with E-state index in [0.717, 1.165) is 15.7 Å². The van der Waals surface area contributed by atoms with Crippen LogP contribution in [0.25, 0.3) is 0 Å². The Hall–Kier alpha value is -1.82. The summed E-state index contributed by atoms with van der Waals surface area (Å²) in [5.41, 5.74) is 2.20. The monoisotopic (exact) mass is 278 g/mol. The van der Waals surface area contributed by atoms with Gasteiger partial charge in [-0.2, -0.15) is 4.98 Å². The van der Waals surface area contributed by atoms with Gasteiger partial charge in [-0.1, -0.05) is 11.3 Å². The Morgan fingerprint density at radius 3 is 2.84 bits per heavy atom. The lowest BCUT2D eigenvalue weighted by Crippen LogP contribution is -2.07. The number of aromatic nitrogens is 2. The summed E-state index contributed by atoms with van der Waals surface area (Å²) in [4.78, 5) is 11.6. The van der Waals surface area contributed by atoms with Crippen molar-refractivity contribution in [2.75, 3.05) is 31.4 Å². The summed E-state index contributed by atoms with van der Waals surface area (Å²) in [7, 11) is 5.59. The van der Waals surface area contributed by atoms with Crippen molar-refractivity contribution >= 4 is 22.2 Å². The van der Waals surface area contributed by atoms with Crippen LogP contribution in [0, 0.1) is 6.92 Å². The van der Waals surface area contributed by atoms with Crippen molar-refractivity contribution in [3.8, 4) is 5.88 Å². The smallest absolute Gasteiger partial charge is 0.231 e. The van der Waals surface area contributed by atoms with Gasteiger partial charge in [0.2, 0.25) is 5.88 Å². The van der Waals surface area contributed by atoms with E-state index in [1.165, 1.54) is 5.56 Å². The van der Waals surface area contributed by atoms with Crippen molar-refractivity contribution in [2.24, 2.45) is 0 Å². The topological polar surface area (TPSA) is 50.3 Å². The maximum Gasteiger partial charge on any atom is 0.231 e. The van der Waals surface area contributed by atoms with Gasteiger partial charge in [0, 0.05) is 20.3 Å². The van der Waals surface area contributed by atoms with Crippen LogP contribution in [0.1, 0.15) is 10.4 Å². The van der Waals surface area contributed by atoms with Gasteiger partial charge in [-0.15, -0.1) is 0 Å². The number of nitrogens with zero attached hydrogens (tertiary/aromatic N) is 3. The fourth-order valence-electron chi connectivity index (χ4n) is 1.61. The van der Waals surface area contributed by atoms with Gasteiger partial charge in [-0.25, -0.2) is 0 Å². The summed E-state index contributed by atoms with van der Waals surface area (Å²) < 4.78 is 5.31. The van der Waals surface area contributed by atoms with Crippen molar-refractivity contribution in [1.29, 1.82) is 0 Å². The van der Waals surface area contributed by atoms with Crippen LogP contribution < -0.4 is 15.0 Å². The summed E-state index contributed by atoms with van der Waals surface area (Å²) in [5, 5.41) is 4.31. The molecule has 19 heavy (non-hydrogen) atoms. The first-order valence-electron chi connectivity index (χ1n) is 5.97. The Morgan fingerprint density at radius 1 is 1.42 bits per heavy atom. The van der Waals surface area contributed by atoms with Gasteiger partial charge in [0.1, 0.15) is 0 Å². The molecule has 0 radical (unpaired) electrons. The maximum absolute atomic E-state index is 5.31. The molecule has 6 heteroatoms. The van der Waals surface area contributed by atoms with E-state index in [-0.39, 0.29) is 0 Å². The molecular weight excluding hydrogens is 260 g/mol. The van der Waals surface area contributed by atoms with Crippen LogP contribution in [0.15, 0.2) is 18.5 Å². The fourth-order valence-corrected chi connectivity index (χ4v) is 2.51. The van der Waals surface area contributed by atoms with E-state index in [1.54, 1.807) is 24.6 Å².